The molecule has 140 valence electrons. The van der Waals surface area contributed by atoms with E-state index >= 15 is 0 Å². The number of carbonyl (C=O) groups excluding carboxylic acids is 1. The minimum atomic E-state index is -0.111. The van der Waals surface area contributed by atoms with Crippen LogP contribution in [0.5, 0.6) is 0 Å². The van der Waals surface area contributed by atoms with Crippen LogP contribution >= 0.6 is 0 Å². The molecule has 0 spiro atoms. The summed E-state index contributed by atoms with van der Waals surface area (Å²) in [6, 6.07) is 3.99. The van der Waals surface area contributed by atoms with Crippen LogP contribution < -0.4 is 10.2 Å². The van der Waals surface area contributed by atoms with Gasteiger partial charge in [-0.25, -0.2) is 4.98 Å². The number of amides is 1. The van der Waals surface area contributed by atoms with Crippen molar-refractivity contribution in [3.63, 3.8) is 0 Å². The lowest BCUT2D eigenvalue weighted by Crippen LogP contribution is -2.24. The molecule has 2 N–H and O–H groups in total. The molecule has 7 heteroatoms. The van der Waals surface area contributed by atoms with E-state index in [4.69, 9.17) is 0 Å². The van der Waals surface area contributed by atoms with Gasteiger partial charge in [-0.1, -0.05) is 0 Å². The first-order valence-electron chi connectivity index (χ1n) is 9.17. The van der Waals surface area contributed by atoms with Crippen molar-refractivity contribution in [1.82, 2.24) is 20.1 Å². The van der Waals surface area contributed by atoms with Gasteiger partial charge < -0.3 is 15.3 Å². The predicted octanol–water partition coefficient (Wildman–Crippen LogP) is 1.82. The molecule has 2 aromatic heterocycles. The quantitative estimate of drug-likeness (QED) is 0.824. The highest BCUT2D eigenvalue weighted by molar-refractivity contribution is 5.94. The van der Waals surface area contributed by atoms with Gasteiger partial charge in [0, 0.05) is 56.5 Å². The Balaban J connectivity index is 1.74. The molecular formula is C19H27N5O2. The molecule has 1 saturated heterocycles. The highest BCUT2D eigenvalue weighted by Gasteiger charge is 2.35. The zero-order chi connectivity index (χ0) is 18.7. The van der Waals surface area contributed by atoms with E-state index in [1.807, 2.05) is 23.9 Å². The van der Waals surface area contributed by atoms with Crippen molar-refractivity contribution in [2.45, 2.75) is 32.7 Å². The van der Waals surface area contributed by atoms with E-state index in [2.05, 4.69) is 40.3 Å². The fraction of sp³-hybridized carbons (Fsp3) is 0.526. The number of aromatic nitrogens is 3. The summed E-state index contributed by atoms with van der Waals surface area (Å²) in [5.74, 6) is 1.08. The van der Waals surface area contributed by atoms with Gasteiger partial charge in [0.25, 0.3) is 5.91 Å². The molecule has 0 aliphatic carbocycles. The molecule has 1 aliphatic rings. The van der Waals surface area contributed by atoms with Crippen molar-refractivity contribution in [2.24, 2.45) is 5.92 Å². The van der Waals surface area contributed by atoms with Crippen LogP contribution in [0.2, 0.25) is 0 Å². The van der Waals surface area contributed by atoms with E-state index < -0.39 is 0 Å². The molecule has 7 nitrogen and oxygen atoms in total. The normalized spacial score (nSPS) is 20.0. The fourth-order valence-electron chi connectivity index (χ4n) is 3.42. The Morgan fingerprint density at radius 3 is 2.73 bits per heavy atom. The molecule has 3 heterocycles. The molecule has 0 aromatic carbocycles. The second kappa shape index (κ2) is 7.86. The summed E-state index contributed by atoms with van der Waals surface area (Å²) >= 11 is 0. The van der Waals surface area contributed by atoms with E-state index in [1.165, 1.54) is 0 Å². The average molecular weight is 357 g/mol. The first-order valence-corrected chi connectivity index (χ1v) is 9.17. The summed E-state index contributed by atoms with van der Waals surface area (Å²) in [6.45, 7) is 8.33. The summed E-state index contributed by atoms with van der Waals surface area (Å²) in [5.41, 5.74) is 1.71. The molecule has 0 unspecified atom stereocenters. The van der Waals surface area contributed by atoms with Crippen molar-refractivity contribution in [1.29, 1.82) is 0 Å². The average Bonchev–Trinajstić information content (AvgIpc) is 3.29. The Morgan fingerprint density at radius 1 is 1.35 bits per heavy atom. The topological polar surface area (TPSA) is 83.3 Å². The number of nitrogens with zero attached hydrogens (tertiary/aromatic N) is 4. The van der Waals surface area contributed by atoms with Gasteiger partial charge in [-0.15, -0.1) is 0 Å². The van der Waals surface area contributed by atoms with Crippen molar-refractivity contribution in [3.05, 3.63) is 41.9 Å². The largest absolute Gasteiger partial charge is 0.396 e. The van der Waals surface area contributed by atoms with Crippen molar-refractivity contribution < 1.29 is 9.90 Å². The number of carbonyl (C=O) groups is 1. The Hall–Kier alpha value is -2.41. The third-order valence-electron chi connectivity index (χ3n) is 4.93. The maximum Gasteiger partial charge on any atom is 0.252 e. The second-order valence-electron chi connectivity index (χ2n) is 7.07. The third kappa shape index (κ3) is 3.72. The highest BCUT2D eigenvalue weighted by Crippen LogP contribution is 2.34. The summed E-state index contributed by atoms with van der Waals surface area (Å²) in [5, 5.41) is 17.0. The van der Waals surface area contributed by atoms with Crippen LogP contribution in [0.25, 0.3) is 0 Å². The molecule has 1 aliphatic heterocycles. The number of hydrogen-bond donors (Lipinski definition) is 2. The molecule has 3 rings (SSSR count). The monoisotopic (exact) mass is 357 g/mol. The van der Waals surface area contributed by atoms with Crippen LogP contribution in [0, 0.1) is 5.92 Å². The number of aliphatic hydroxyl groups is 1. The third-order valence-corrected chi connectivity index (χ3v) is 4.93. The minimum Gasteiger partial charge on any atom is -0.396 e. The van der Waals surface area contributed by atoms with Crippen molar-refractivity contribution >= 4 is 11.7 Å². The summed E-state index contributed by atoms with van der Waals surface area (Å²) in [6.07, 6.45) is 5.59. The van der Waals surface area contributed by atoms with E-state index in [9.17, 15) is 9.90 Å². The Morgan fingerprint density at radius 2 is 2.15 bits per heavy atom. The molecule has 1 fully saturated rings. The van der Waals surface area contributed by atoms with Crippen molar-refractivity contribution in [2.75, 3.05) is 31.1 Å². The Kier molecular flexibility index (Phi) is 5.56. The second-order valence-corrected chi connectivity index (χ2v) is 7.07. The van der Waals surface area contributed by atoms with Gasteiger partial charge in [-0.3, -0.25) is 9.48 Å². The first kappa shape index (κ1) is 18.4. The van der Waals surface area contributed by atoms with Gasteiger partial charge in [0.2, 0.25) is 0 Å². The predicted molar refractivity (Wildman–Crippen MR) is 100 cm³/mol. The summed E-state index contributed by atoms with van der Waals surface area (Å²) < 4.78 is 1.95. The Labute approximate surface area is 154 Å². The minimum absolute atomic E-state index is 0.111. The van der Waals surface area contributed by atoms with Gasteiger partial charge in [0.05, 0.1) is 11.8 Å². The van der Waals surface area contributed by atoms with E-state index in [1.54, 1.807) is 12.3 Å². The van der Waals surface area contributed by atoms with Gasteiger partial charge in [-0.05, 0) is 38.5 Å². The standard InChI is InChI=1S/C19H27N5O2/c1-4-20-19(26)14-5-6-18(21-7-14)23-9-16(12-25)17(11-23)15-8-22-24(10-15)13(2)3/h5-8,10,13,16-17,25H,4,9,11-12H2,1-3H3,(H,20,26)/t16-,17-/m0/s1. The molecule has 26 heavy (non-hydrogen) atoms. The molecular weight excluding hydrogens is 330 g/mol. The first-order chi connectivity index (χ1) is 12.5. The molecule has 0 radical (unpaired) electrons. The smallest absolute Gasteiger partial charge is 0.252 e. The summed E-state index contributed by atoms with van der Waals surface area (Å²) in [4.78, 5) is 18.5. The van der Waals surface area contributed by atoms with Crippen molar-refractivity contribution in [3.8, 4) is 0 Å². The van der Waals surface area contributed by atoms with Gasteiger partial charge in [-0.2, -0.15) is 5.10 Å². The van der Waals surface area contributed by atoms with Crippen LogP contribution in [-0.4, -0.2) is 52.0 Å². The number of hydrogen-bond acceptors (Lipinski definition) is 5. The lowest BCUT2D eigenvalue weighted by Gasteiger charge is -2.17. The molecule has 1 amide bonds. The zero-order valence-corrected chi connectivity index (χ0v) is 15.6. The van der Waals surface area contributed by atoms with Crippen LogP contribution in [0.3, 0.4) is 0 Å². The lowest BCUT2D eigenvalue weighted by atomic mass is 9.92. The molecule has 2 atom stereocenters. The molecule has 0 saturated carbocycles. The van der Waals surface area contributed by atoms with E-state index in [0.717, 1.165) is 24.5 Å². The van der Waals surface area contributed by atoms with E-state index in [0.29, 0.717) is 18.2 Å². The molecule has 0 bridgehead atoms. The maximum atomic E-state index is 11.9. The number of rotatable bonds is 6. The number of anilines is 1. The van der Waals surface area contributed by atoms with Gasteiger partial charge >= 0.3 is 0 Å². The fourth-order valence-corrected chi connectivity index (χ4v) is 3.42. The maximum absolute atomic E-state index is 11.9. The SMILES string of the molecule is CCNC(=O)c1ccc(N2C[C@@H](CO)[C@H](c3cnn(C(C)C)c3)C2)nc1. The lowest BCUT2D eigenvalue weighted by molar-refractivity contribution is 0.0955. The zero-order valence-electron chi connectivity index (χ0n) is 15.6. The van der Waals surface area contributed by atoms with E-state index in [-0.39, 0.29) is 24.3 Å². The van der Waals surface area contributed by atoms with Crippen LogP contribution in [0.4, 0.5) is 5.82 Å². The number of pyridine rings is 1. The number of aliphatic hydroxyl groups excluding tert-OH is 1. The van der Waals surface area contributed by atoms with Crippen LogP contribution in [0.15, 0.2) is 30.7 Å². The number of nitrogens with one attached hydrogen (secondary N) is 1. The molecule has 2 aromatic rings. The Bertz CT molecular complexity index is 741. The van der Waals surface area contributed by atoms with Gasteiger partial charge in [0.15, 0.2) is 0 Å². The van der Waals surface area contributed by atoms with Gasteiger partial charge in [0.1, 0.15) is 5.82 Å². The highest BCUT2D eigenvalue weighted by atomic mass is 16.3. The summed E-state index contributed by atoms with van der Waals surface area (Å²) in [7, 11) is 0. The van der Waals surface area contributed by atoms with Crippen LogP contribution in [-0.2, 0) is 0 Å². The van der Waals surface area contributed by atoms with Crippen LogP contribution in [0.1, 0.15) is 48.7 Å².